The minimum absolute atomic E-state index is 0.573. The van der Waals surface area contributed by atoms with Gasteiger partial charge >= 0.3 is 0 Å². The highest BCUT2D eigenvalue weighted by Gasteiger charge is 2.34. The third-order valence-electron chi connectivity index (χ3n) is 2.42. The van der Waals surface area contributed by atoms with Crippen molar-refractivity contribution in [3.63, 3.8) is 0 Å². The van der Waals surface area contributed by atoms with Gasteiger partial charge in [0.1, 0.15) is 0 Å². The van der Waals surface area contributed by atoms with Crippen molar-refractivity contribution in [1.82, 2.24) is 0 Å². The second-order valence-electron chi connectivity index (χ2n) is 3.35. The largest absolute Gasteiger partial charge is 0.344 e. The number of rotatable bonds is 2. The summed E-state index contributed by atoms with van der Waals surface area (Å²) in [5.41, 5.74) is 1.42. The molecule has 1 heterocycles. The first-order valence-corrected chi connectivity index (χ1v) is 4.59. The molecule has 0 spiro atoms. The molecule has 0 saturated carbocycles. The summed E-state index contributed by atoms with van der Waals surface area (Å²) < 4.78 is 11.0. The summed E-state index contributed by atoms with van der Waals surface area (Å²) >= 11 is 0. The van der Waals surface area contributed by atoms with E-state index >= 15 is 0 Å². The lowest BCUT2D eigenvalue weighted by Crippen LogP contribution is -2.24. The van der Waals surface area contributed by atoms with Crippen LogP contribution in [0.3, 0.4) is 0 Å². The van der Waals surface area contributed by atoms with E-state index < -0.39 is 5.79 Å². The Kier molecular flexibility index (Phi) is 2.35. The summed E-state index contributed by atoms with van der Waals surface area (Å²) in [6.45, 7) is 2.98. The number of hydrogen-bond acceptors (Lipinski definition) is 3. The lowest BCUT2D eigenvalue weighted by Gasteiger charge is -2.23. The molecule has 0 aromatic heterocycles. The quantitative estimate of drug-likeness (QED) is 0.669. The third kappa shape index (κ3) is 1.45. The smallest absolute Gasteiger partial charge is 0.192 e. The molecule has 1 saturated heterocycles. The standard InChI is InChI=1S/C11H12O3/c1-11(13-6-7-14-11)10-5-3-2-4-9(10)8-12/h2-5,8H,6-7H2,1H3. The first-order chi connectivity index (χ1) is 6.76. The Morgan fingerprint density at radius 2 is 1.93 bits per heavy atom. The molecule has 0 atom stereocenters. The Labute approximate surface area is 82.6 Å². The summed E-state index contributed by atoms with van der Waals surface area (Å²) in [6.07, 6.45) is 0.825. The Hall–Kier alpha value is -1.19. The minimum Gasteiger partial charge on any atom is -0.344 e. The number of hydrogen-bond donors (Lipinski definition) is 0. The highest BCUT2D eigenvalue weighted by Crippen LogP contribution is 2.32. The molecule has 0 bridgehead atoms. The minimum atomic E-state index is -0.752. The fourth-order valence-electron chi connectivity index (χ4n) is 1.68. The van der Waals surface area contributed by atoms with Crippen LogP contribution in [0.25, 0.3) is 0 Å². The summed E-state index contributed by atoms with van der Waals surface area (Å²) in [5, 5.41) is 0. The molecule has 1 aliphatic rings. The van der Waals surface area contributed by atoms with Gasteiger partial charge < -0.3 is 9.47 Å². The zero-order valence-corrected chi connectivity index (χ0v) is 8.03. The molecule has 1 aromatic carbocycles. The van der Waals surface area contributed by atoms with Crippen molar-refractivity contribution in [2.45, 2.75) is 12.7 Å². The second-order valence-corrected chi connectivity index (χ2v) is 3.35. The SMILES string of the molecule is CC1(c2ccccc2C=O)OCCO1. The van der Waals surface area contributed by atoms with E-state index in [1.807, 2.05) is 25.1 Å². The van der Waals surface area contributed by atoms with Gasteiger partial charge in [0.25, 0.3) is 0 Å². The van der Waals surface area contributed by atoms with E-state index in [1.54, 1.807) is 6.07 Å². The predicted octanol–water partition coefficient (Wildman–Crippen LogP) is 1.72. The van der Waals surface area contributed by atoms with Gasteiger partial charge in [-0.3, -0.25) is 4.79 Å². The van der Waals surface area contributed by atoms with E-state index in [-0.39, 0.29) is 0 Å². The van der Waals surface area contributed by atoms with Gasteiger partial charge in [-0.25, -0.2) is 0 Å². The zero-order valence-electron chi connectivity index (χ0n) is 8.03. The predicted molar refractivity (Wildman–Crippen MR) is 51.1 cm³/mol. The molecule has 0 aliphatic carbocycles. The lowest BCUT2D eigenvalue weighted by atomic mass is 10.0. The van der Waals surface area contributed by atoms with Crippen molar-refractivity contribution in [3.8, 4) is 0 Å². The Bertz CT molecular complexity index is 340. The highest BCUT2D eigenvalue weighted by atomic mass is 16.7. The monoisotopic (exact) mass is 192 g/mol. The summed E-state index contributed by atoms with van der Waals surface area (Å²) in [4.78, 5) is 10.8. The van der Waals surface area contributed by atoms with Gasteiger partial charge in [-0.1, -0.05) is 24.3 Å². The first kappa shape index (κ1) is 9.37. The number of carbonyl (C=O) groups excluding carboxylic acids is 1. The molecule has 2 rings (SSSR count). The van der Waals surface area contributed by atoms with Crippen LogP contribution >= 0.6 is 0 Å². The van der Waals surface area contributed by atoms with E-state index in [4.69, 9.17) is 9.47 Å². The molecule has 0 radical (unpaired) electrons. The van der Waals surface area contributed by atoms with Crippen LogP contribution in [0, 0.1) is 0 Å². The number of aldehydes is 1. The number of ether oxygens (including phenoxy) is 2. The zero-order chi connectivity index (χ0) is 10.0. The Balaban J connectivity index is 2.43. The van der Waals surface area contributed by atoms with Gasteiger partial charge in [0.05, 0.1) is 13.2 Å². The molecular formula is C11H12O3. The van der Waals surface area contributed by atoms with Crippen LogP contribution in [0.1, 0.15) is 22.8 Å². The van der Waals surface area contributed by atoms with Crippen molar-refractivity contribution in [2.24, 2.45) is 0 Å². The summed E-state index contributed by atoms with van der Waals surface area (Å²) in [5.74, 6) is -0.752. The van der Waals surface area contributed by atoms with Crippen LogP contribution in [0.2, 0.25) is 0 Å². The molecule has 3 heteroatoms. The molecule has 0 unspecified atom stereocenters. The van der Waals surface area contributed by atoms with E-state index in [2.05, 4.69) is 0 Å². The molecule has 14 heavy (non-hydrogen) atoms. The molecule has 1 fully saturated rings. The maximum Gasteiger partial charge on any atom is 0.192 e. The second kappa shape index (κ2) is 3.52. The number of benzene rings is 1. The maximum atomic E-state index is 10.8. The molecule has 1 aromatic rings. The summed E-state index contributed by atoms with van der Waals surface area (Å²) in [6, 6.07) is 7.32. The third-order valence-corrected chi connectivity index (χ3v) is 2.42. The molecular weight excluding hydrogens is 180 g/mol. The topological polar surface area (TPSA) is 35.5 Å². The normalized spacial score (nSPS) is 19.5. The fourth-order valence-corrected chi connectivity index (χ4v) is 1.68. The van der Waals surface area contributed by atoms with Crippen LogP contribution < -0.4 is 0 Å². The Morgan fingerprint density at radius 1 is 1.29 bits per heavy atom. The van der Waals surface area contributed by atoms with Gasteiger partial charge in [0.15, 0.2) is 12.1 Å². The molecule has 3 nitrogen and oxygen atoms in total. The molecule has 0 N–H and O–H groups in total. The van der Waals surface area contributed by atoms with Crippen LogP contribution in [0.15, 0.2) is 24.3 Å². The van der Waals surface area contributed by atoms with Crippen molar-refractivity contribution < 1.29 is 14.3 Å². The highest BCUT2D eigenvalue weighted by molar-refractivity contribution is 5.77. The van der Waals surface area contributed by atoms with Crippen LogP contribution in [-0.4, -0.2) is 19.5 Å². The molecule has 74 valence electrons. The fraction of sp³-hybridized carbons (Fsp3) is 0.364. The van der Waals surface area contributed by atoms with Crippen LogP contribution in [0.4, 0.5) is 0 Å². The van der Waals surface area contributed by atoms with Crippen LogP contribution in [-0.2, 0) is 15.3 Å². The van der Waals surface area contributed by atoms with Gasteiger partial charge in [0, 0.05) is 11.1 Å². The van der Waals surface area contributed by atoms with E-state index in [0.29, 0.717) is 18.8 Å². The maximum absolute atomic E-state index is 10.8. The molecule has 1 aliphatic heterocycles. The van der Waals surface area contributed by atoms with E-state index in [0.717, 1.165) is 11.8 Å². The lowest BCUT2D eigenvalue weighted by molar-refractivity contribution is -0.149. The van der Waals surface area contributed by atoms with Gasteiger partial charge in [-0.05, 0) is 6.92 Å². The average molecular weight is 192 g/mol. The van der Waals surface area contributed by atoms with Crippen molar-refractivity contribution in [1.29, 1.82) is 0 Å². The Morgan fingerprint density at radius 3 is 2.57 bits per heavy atom. The summed E-state index contributed by atoms with van der Waals surface area (Å²) in [7, 11) is 0. The van der Waals surface area contributed by atoms with E-state index in [1.165, 1.54) is 0 Å². The van der Waals surface area contributed by atoms with Crippen molar-refractivity contribution in [2.75, 3.05) is 13.2 Å². The first-order valence-electron chi connectivity index (χ1n) is 4.59. The van der Waals surface area contributed by atoms with Crippen molar-refractivity contribution >= 4 is 6.29 Å². The van der Waals surface area contributed by atoms with Crippen LogP contribution in [0.5, 0.6) is 0 Å². The van der Waals surface area contributed by atoms with Gasteiger partial charge in [0.2, 0.25) is 0 Å². The van der Waals surface area contributed by atoms with E-state index in [9.17, 15) is 4.79 Å². The average Bonchev–Trinajstić information content (AvgIpc) is 2.66. The van der Waals surface area contributed by atoms with Gasteiger partial charge in [-0.2, -0.15) is 0 Å². The number of carbonyl (C=O) groups is 1. The van der Waals surface area contributed by atoms with Crippen molar-refractivity contribution in [3.05, 3.63) is 35.4 Å². The van der Waals surface area contributed by atoms with Gasteiger partial charge in [-0.15, -0.1) is 0 Å². The molecule has 0 amide bonds.